The summed E-state index contributed by atoms with van der Waals surface area (Å²) in [6.45, 7) is 6.20. The van der Waals surface area contributed by atoms with E-state index in [1.807, 2.05) is 0 Å². The van der Waals surface area contributed by atoms with Crippen LogP contribution >= 0.6 is 0 Å². The smallest absolute Gasteiger partial charge is 0.316 e. The van der Waals surface area contributed by atoms with E-state index in [9.17, 15) is 25.1 Å². The van der Waals surface area contributed by atoms with E-state index in [2.05, 4.69) is 0 Å². The molecule has 0 aromatic rings. The SMILES string of the molecule is CC1(C)O[C@H]2[C@H]([N+](=O)[O-])[C@@H](C(=O)O)[C@@H](O)[C@@]3(COC(C)(C)O3)[C@H]2O1. The van der Waals surface area contributed by atoms with Gasteiger partial charge in [-0.15, -0.1) is 0 Å². The highest BCUT2D eigenvalue weighted by Crippen LogP contribution is 2.51. The lowest BCUT2D eigenvalue weighted by Crippen LogP contribution is -2.71. The lowest BCUT2D eigenvalue weighted by atomic mass is 9.69. The van der Waals surface area contributed by atoms with Crippen LogP contribution < -0.4 is 0 Å². The molecule has 1 aliphatic carbocycles. The molecule has 3 aliphatic rings. The minimum absolute atomic E-state index is 0.157. The molecule has 6 atom stereocenters. The molecule has 136 valence electrons. The van der Waals surface area contributed by atoms with Crippen LogP contribution in [0.25, 0.3) is 0 Å². The molecule has 2 saturated heterocycles. The molecule has 10 heteroatoms. The molecule has 0 bridgehead atoms. The van der Waals surface area contributed by atoms with Gasteiger partial charge < -0.3 is 29.2 Å². The van der Waals surface area contributed by atoms with Crippen LogP contribution in [0.15, 0.2) is 0 Å². The third kappa shape index (κ3) is 2.40. The summed E-state index contributed by atoms with van der Waals surface area (Å²) in [5.74, 6) is -5.48. The van der Waals surface area contributed by atoms with Crippen LogP contribution in [0.1, 0.15) is 27.7 Å². The van der Waals surface area contributed by atoms with E-state index in [-0.39, 0.29) is 6.61 Å². The van der Waals surface area contributed by atoms with Crippen LogP contribution in [0.2, 0.25) is 0 Å². The average molecular weight is 347 g/mol. The van der Waals surface area contributed by atoms with Crippen LogP contribution in [0.3, 0.4) is 0 Å². The molecule has 2 aliphatic heterocycles. The van der Waals surface area contributed by atoms with Gasteiger partial charge in [-0.2, -0.15) is 0 Å². The van der Waals surface area contributed by atoms with Crippen molar-refractivity contribution in [2.45, 2.75) is 69.2 Å². The van der Waals surface area contributed by atoms with Gasteiger partial charge in [0, 0.05) is 4.92 Å². The molecule has 0 radical (unpaired) electrons. The maximum Gasteiger partial charge on any atom is 0.316 e. The Kier molecular flexibility index (Phi) is 3.71. The fourth-order valence-corrected chi connectivity index (χ4v) is 3.90. The number of aliphatic hydroxyl groups excluding tert-OH is 1. The summed E-state index contributed by atoms with van der Waals surface area (Å²) in [7, 11) is 0. The predicted molar refractivity (Wildman–Crippen MR) is 75.6 cm³/mol. The number of hydrogen-bond donors (Lipinski definition) is 2. The van der Waals surface area contributed by atoms with Crippen molar-refractivity contribution < 1.29 is 38.9 Å². The molecule has 2 heterocycles. The molecule has 24 heavy (non-hydrogen) atoms. The van der Waals surface area contributed by atoms with Gasteiger partial charge in [-0.3, -0.25) is 14.9 Å². The highest BCUT2D eigenvalue weighted by molar-refractivity contribution is 5.72. The number of aliphatic carboxylic acids is 1. The van der Waals surface area contributed by atoms with E-state index in [1.54, 1.807) is 27.7 Å². The van der Waals surface area contributed by atoms with Crippen LogP contribution in [-0.4, -0.2) is 69.2 Å². The fraction of sp³-hybridized carbons (Fsp3) is 0.929. The molecule has 0 aromatic carbocycles. The second kappa shape index (κ2) is 5.09. The number of carboxylic acids is 1. The Balaban J connectivity index is 2.11. The first-order valence-corrected chi connectivity index (χ1v) is 7.64. The molecule has 0 amide bonds. The van der Waals surface area contributed by atoms with E-state index in [0.29, 0.717) is 0 Å². The topological polar surface area (TPSA) is 138 Å². The first-order valence-electron chi connectivity index (χ1n) is 7.64. The normalized spacial score (nSPS) is 46.0. The van der Waals surface area contributed by atoms with E-state index >= 15 is 0 Å². The van der Waals surface area contributed by atoms with Crippen LogP contribution in [0, 0.1) is 16.0 Å². The summed E-state index contributed by atoms with van der Waals surface area (Å²) < 4.78 is 22.8. The van der Waals surface area contributed by atoms with Crippen molar-refractivity contribution in [1.82, 2.24) is 0 Å². The summed E-state index contributed by atoms with van der Waals surface area (Å²) >= 11 is 0. The van der Waals surface area contributed by atoms with Crippen molar-refractivity contribution in [3.8, 4) is 0 Å². The van der Waals surface area contributed by atoms with Gasteiger partial charge in [-0.25, -0.2) is 0 Å². The van der Waals surface area contributed by atoms with Crippen molar-refractivity contribution in [2.75, 3.05) is 6.61 Å². The number of fused-ring (bicyclic) bond motifs is 2. The molecule has 1 spiro atoms. The molecule has 2 N–H and O–H groups in total. The second-order valence-electron chi connectivity index (χ2n) is 7.35. The number of aliphatic hydroxyl groups is 1. The Labute approximate surface area is 137 Å². The van der Waals surface area contributed by atoms with Crippen LogP contribution in [0.5, 0.6) is 0 Å². The summed E-state index contributed by atoms with van der Waals surface area (Å²) in [6.07, 6.45) is -3.90. The maximum atomic E-state index is 11.7. The summed E-state index contributed by atoms with van der Waals surface area (Å²) in [5.41, 5.74) is -1.56. The third-order valence-corrected chi connectivity index (χ3v) is 4.77. The number of carboxylic acid groups (broad SMARTS) is 1. The Hall–Kier alpha value is -1.33. The molecule has 10 nitrogen and oxygen atoms in total. The van der Waals surface area contributed by atoms with Gasteiger partial charge in [0.05, 0.1) is 6.61 Å². The van der Waals surface area contributed by atoms with Crippen molar-refractivity contribution >= 4 is 5.97 Å². The lowest BCUT2D eigenvalue weighted by Gasteiger charge is -2.46. The van der Waals surface area contributed by atoms with Gasteiger partial charge in [0.15, 0.2) is 29.2 Å². The van der Waals surface area contributed by atoms with Gasteiger partial charge >= 0.3 is 5.97 Å². The largest absolute Gasteiger partial charge is 0.481 e. The summed E-state index contributed by atoms with van der Waals surface area (Å²) in [4.78, 5) is 22.5. The van der Waals surface area contributed by atoms with E-state index in [1.165, 1.54) is 0 Å². The van der Waals surface area contributed by atoms with Crippen molar-refractivity contribution in [3.05, 3.63) is 10.1 Å². The Morgan fingerprint density at radius 1 is 1.21 bits per heavy atom. The van der Waals surface area contributed by atoms with E-state index < -0.39 is 58.3 Å². The first kappa shape index (κ1) is 17.5. The first-order chi connectivity index (χ1) is 10.9. The summed E-state index contributed by atoms with van der Waals surface area (Å²) in [5, 5.41) is 31.7. The molecule has 0 unspecified atom stereocenters. The molecule has 1 saturated carbocycles. The highest BCUT2D eigenvalue weighted by Gasteiger charge is 2.74. The Morgan fingerprint density at radius 2 is 1.83 bits per heavy atom. The van der Waals surface area contributed by atoms with E-state index in [4.69, 9.17) is 18.9 Å². The maximum absolute atomic E-state index is 11.7. The van der Waals surface area contributed by atoms with Crippen molar-refractivity contribution in [1.29, 1.82) is 0 Å². The van der Waals surface area contributed by atoms with Crippen LogP contribution in [-0.2, 0) is 23.7 Å². The van der Waals surface area contributed by atoms with Gasteiger partial charge in [-0.1, -0.05) is 0 Å². The number of hydrogen-bond acceptors (Lipinski definition) is 8. The van der Waals surface area contributed by atoms with Gasteiger partial charge in [-0.05, 0) is 27.7 Å². The zero-order chi connectivity index (χ0) is 18.1. The lowest BCUT2D eigenvalue weighted by molar-refractivity contribution is -0.552. The minimum Gasteiger partial charge on any atom is -0.481 e. The number of nitro groups is 1. The van der Waals surface area contributed by atoms with Crippen LogP contribution in [0.4, 0.5) is 0 Å². The summed E-state index contributed by atoms with van der Waals surface area (Å²) in [6, 6.07) is -1.66. The van der Waals surface area contributed by atoms with E-state index in [0.717, 1.165) is 0 Å². The molecule has 3 fully saturated rings. The number of carbonyl (C=O) groups is 1. The zero-order valence-corrected chi connectivity index (χ0v) is 13.8. The second-order valence-corrected chi connectivity index (χ2v) is 7.35. The number of nitrogens with zero attached hydrogens (tertiary/aromatic N) is 1. The average Bonchev–Trinajstić information content (AvgIpc) is 2.91. The number of rotatable bonds is 2. The highest BCUT2D eigenvalue weighted by atomic mass is 16.8. The predicted octanol–water partition coefficient (Wildman–Crippen LogP) is -0.251. The quantitative estimate of drug-likeness (QED) is 0.511. The molecule has 3 rings (SSSR count). The minimum atomic E-state index is -1.71. The fourth-order valence-electron chi connectivity index (χ4n) is 3.90. The molecular weight excluding hydrogens is 326 g/mol. The standard InChI is InChI=1S/C14H21NO9/c1-12(2)21-5-14(24-12)9(16)6(11(17)18)7(15(19)20)8-10(14)23-13(3,4)22-8/h6-10,16H,5H2,1-4H3,(H,17,18)/t6-,7-,8+,9-,10+,14+/m1/s1. The zero-order valence-electron chi connectivity index (χ0n) is 13.8. The van der Waals surface area contributed by atoms with Crippen molar-refractivity contribution in [2.24, 2.45) is 5.92 Å². The van der Waals surface area contributed by atoms with Gasteiger partial charge in [0.2, 0.25) is 0 Å². The molecular formula is C14H21NO9. The van der Waals surface area contributed by atoms with Gasteiger partial charge in [0.1, 0.15) is 12.2 Å². The number of ether oxygens (including phenoxy) is 4. The van der Waals surface area contributed by atoms with Crippen molar-refractivity contribution in [3.63, 3.8) is 0 Å². The Morgan fingerprint density at radius 3 is 2.29 bits per heavy atom. The van der Waals surface area contributed by atoms with Gasteiger partial charge in [0.25, 0.3) is 6.04 Å². The molecule has 0 aromatic heterocycles. The third-order valence-electron chi connectivity index (χ3n) is 4.77. The Bertz CT molecular complexity index is 577. The monoisotopic (exact) mass is 347 g/mol.